The van der Waals surface area contributed by atoms with E-state index >= 15 is 0 Å². The van der Waals surface area contributed by atoms with Gasteiger partial charge in [-0.3, -0.25) is 5.32 Å². The molecule has 1 aromatic heterocycles. The van der Waals surface area contributed by atoms with Gasteiger partial charge in [-0.25, -0.2) is 9.78 Å². The van der Waals surface area contributed by atoms with E-state index < -0.39 is 11.7 Å². The Morgan fingerprint density at radius 2 is 2.00 bits per heavy atom. The molecule has 2 rings (SSSR count). The third-order valence-electron chi connectivity index (χ3n) is 2.46. The first-order valence-corrected chi connectivity index (χ1v) is 6.81. The smallest absolute Gasteiger partial charge is 0.412 e. The lowest BCUT2D eigenvalue weighted by Crippen LogP contribution is -2.27. The van der Waals surface area contributed by atoms with Crippen molar-refractivity contribution in [1.29, 1.82) is 0 Å². The van der Waals surface area contributed by atoms with E-state index in [1.54, 1.807) is 57.2 Å². The molecule has 0 aliphatic heterocycles. The summed E-state index contributed by atoms with van der Waals surface area (Å²) >= 11 is 0. The number of hydrogen-bond acceptors (Lipinski definition) is 5. The van der Waals surface area contributed by atoms with Crippen molar-refractivity contribution in [3.63, 3.8) is 0 Å². The first kappa shape index (κ1) is 15.6. The van der Waals surface area contributed by atoms with Gasteiger partial charge in [0.1, 0.15) is 11.4 Å². The molecule has 0 radical (unpaired) electrons. The number of nitrogens with two attached hydrogens (primary N) is 1. The first-order valence-electron chi connectivity index (χ1n) is 6.81. The van der Waals surface area contributed by atoms with Gasteiger partial charge in [0.05, 0.1) is 11.9 Å². The number of amides is 1. The van der Waals surface area contributed by atoms with E-state index in [-0.39, 0.29) is 0 Å². The van der Waals surface area contributed by atoms with Crippen molar-refractivity contribution in [3.05, 3.63) is 42.6 Å². The molecule has 0 spiro atoms. The zero-order valence-electron chi connectivity index (χ0n) is 12.8. The topological polar surface area (TPSA) is 86.5 Å². The van der Waals surface area contributed by atoms with Crippen LogP contribution in [0.2, 0.25) is 0 Å². The van der Waals surface area contributed by atoms with Crippen molar-refractivity contribution in [2.75, 3.05) is 11.1 Å². The molecular formula is C16H19N3O3. The minimum absolute atomic E-state index is 0.420. The predicted octanol–water partition coefficient (Wildman–Crippen LogP) is 3.80. The Balaban J connectivity index is 2.03. The highest BCUT2D eigenvalue weighted by Crippen LogP contribution is 2.23. The van der Waals surface area contributed by atoms with Gasteiger partial charge in [-0.1, -0.05) is 6.07 Å². The van der Waals surface area contributed by atoms with Crippen LogP contribution in [-0.4, -0.2) is 16.7 Å². The summed E-state index contributed by atoms with van der Waals surface area (Å²) in [6, 6.07) is 10.3. The number of ether oxygens (including phenoxy) is 2. The fourth-order valence-corrected chi connectivity index (χ4v) is 1.63. The number of rotatable bonds is 3. The van der Waals surface area contributed by atoms with Crippen LogP contribution >= 0.6 is 0 Å². The minimum atomic E-state index is -0.550. The van der Waals surface area contributed by atoms with E-state index in [0.717, 1.165) is 0 Å². The molecule has 0 saturated heterocycles. The third kappa shape index (κ3) is 4.97. The Morgan fingerprint density at radius 1 is 1.23 bits per heavy atom. The molecular weight excluding hydrogens is 282 g/mol. The van der Waals surface area contributed by atoms with Crippen molar-refractivity contribution in [2.45, 2.75) is 26.4 Å². The third-order valence-corrected chi connectivity index (χ3v) is 2.46. The quantitative estimate of drug-likeness (QED) is 0.900. The van der Waals surface area contributed by atoms with Gasteiger partial charge in [0.25, 0.3) is 0 Å². The van der Waals surface area contributed by atoms with Gasteiger partial charge in [0.2, 0.25) is 5.88 Å². The number of anilines is 2. The van der Waals surface area contributed by atoms with Crippen molar-refractivity contribution >= 4 is 17.5 Å². The van der Waals surface area contributed by atoms with Crippen molar-refractivity contribution in [1.82, 2.24) is 4.98 Å². The zero-order chi connectivity index (χ0) is 16.2. The second kappa shape index (κ2) is 6.34. The largest absolute Gasteiger partial charge is 0.444 e. The van der Waals surface area contributed by atoms with Crippen LogP contribution in [0, 0.1) is 0 Å². The van der Waals surface area contributed by atoms with Crippen LogP contribution in [0.4, 0.5) is 16.2 Å². The summed E-state index contributed by atoms with van der Waals surface area (Å²) < 4.78 is 10.8. The summed E-state index contributed by atoms with van der Waals surface area (Å²) in [6.45, 7) is 5.41. The van der Waals surface area contributed by atoms with Crippen LogP contribution in [0.15, 0.2) is 42.6 Å². The molecule has 116 valence electrons. The number of nitrogens with one attached hydrogen (secondary N) is 1. The van der Waals surface area contributed by atoms with Crippen LogP contribution in [0.25, 0.3) is 0 Å². The molecule has 3 N–H and O–H groups in total. The SMILES string of the molecule is CC(C)(C)OC(=O)Nc1cccc(Oc2ccc(N)cn2)c1. The number of carbonyl (C=O) groups is 1. The normalized spacial score (nSPS) is 10.9. The number of benzene rings is 1. The van der Waals surface area contributed by atoms with Gasteiger partial charge in [-0.05, 0) is 39.0 Å². The number of nitrogens with zero attached hydrogens (tertiary/aromatic N) is 1. The maximum Gasteiger partial charge on any atom is 0.412 e. The maximum atomic E-state index is 11.7. The fraction of sp³-hybridized carbons (Fsp3) is 0.250. The van der Waals surface area contributed by atoms with Gasteiger partial charge < -0.3 is 15.2 Å². The van der Waals surface area contributed by atoms with Gasteiger partial charge in [-0.15, -0.1) is 0 Å². The Kier molecular flexibility index (Phi) is 4.50. The van der Waals surface area contributed by atoms with E-state index in [0.29, 0.717) is 23.0 Å². The highest BCUT2D eigenvalue weighted by atomic mass is 16.6. The van der Waals surface area contributed by atoms with Gasteiger partial charge in [-0.2, -0.15) is 0 Å². The molecule has 1 heterocycles. The minimum Gasteiger partial charge on any atom is -0.444 e. The number of pyridine rings is 1. The number of nitrogen functional groups attached to an aromatic ring is 1. The molecule has 0 aliphatic rings. The molecule has 22 heavy (non-hydrogen) atoms. The van der Waals surface area contributed by atoms with Gasteiger partial charge >= 0.3 is 6.09 Å². The highest BCUT2D eigenvalue weighted by molar-refractivity contribution is 5.85. The Labute approximate surface area is 129 Å². The number of aromatic nitrogens is 1. The average molecular weight is 301 g/mol. The van der Waals surface area contributed by atoms with Crippen LogP contribution in [-0.2, 0) is 4.74 Å². The highest BCUT2D eigenvalue weighted by Gasteiger charge is 2.16. The molecule has 0 unspecified atom stereocenters. The van der Waals surface area contributed by atoms with Gasteiger partial charge in [0, 0.05) is 17.8 Å². The summed E-state index contributed by atoms with van der Waals surface area (Å²) in [7, 11) is 0. The summed E-state index contributed by atoms with van der Waals surface area (Å²) in [4.78, 5) is 15.8. The van der Waals surface area contributed by atoms with E-state index in [9.17, 15) is 4.79 Å². The molecule has 1 amide bonds. The van der Waals surface area contributed by atoms with Crippen LogP contribution < -0.4 is 15.8 Å². The van der Waals surface area contributed by atoms with Crippen molar-refractivity contribution in [2.24, 2.45) is 0 Å². The average Bonchev–Trinajstić information content (AvgIpc) is 2.39. The standard InChI is InChI=1S/C16H19N3O3/c1-16(2,3)22-15(20)19-12-5-4-6-13(9-12)21-14-8-7-11(17)10-18-14/h4-10H,17H2,1-3H3,(H,19,20). The van der Waals surface area contributed by atoms with Gasteiger partial charge in [0.15, 0.2) is 0 Å². The predicted molar refractivity (Wildman–Crippen MR) is 85.0 cm³/mol. The molecule has 2 aromatic rings. The van der Waals surface area contributed by atoms with E-state index in [1.807, 2.05) is 0 Å². The van der Waals surface area contributed by atoms with E-state index in [2.05, 4.69) is 10.3 Å². The molecule has 0 atom stereocenters. The molecule has 0 saturated carbocycles. The zero-order valence-corrected chi connectivity index (χ0v) is 12.8. The van der Waals surface area contributed by atoms with E-state index in [4.69, 9.17) is 15.2 Å². The van der Waals surface area contributed by atoms with Crippen LogP contribution in [0.5, 0.6) is 11.6 Å². The first-order chi connectivity index (χ1) is 10.3. The molecule has 0 aliphatic carbocycles. The second-order valence-electron chi connectivity index (χ2n) is 5.69. The summed E-state index contributed by atoms with van der Waals surface area (Å²) in [5, 5.41) is 2.65. The molecule has 0 fully saturated rings. The Hall–Kier alpha value is -2.76. The van der Waals surface area contributed by atoms with Crippen molar-refractivity contribution < 1.29 is 14.3 Å². The summed E-state index contributed by atoms with van der Waals surface area (Å²) in [5.41, 5.74) is 6.15. The van der Waals surface area contributed by atoms with Crippen molar-refractivity contribution in [3.8, 4) is 11.6 Å². The van der Waals surface area contributed by atoms with E-state index in [1.165, 1.54) is 6.20 Å². The lowest BCUT2D eigenvalue weighted by Gasteiger charge is -2.19. The molecule has 6 heteroatoms. The van der Waals surface area contributed by atoms with Crippen LogP contribution in [0.3, 0.4) is 0 Å². The fourth-order valence-electron chi connectivity index (χ4n) is 1.63. The molecule has 1 aromatic carbocycles. The lowest BCUT2D eigenvalue weighted by atomic mass is 10.2. The Bertz CT molecular complexity index is 648. The summed E-state index contributed by atoms with van der Waals surface area (Å²) in [5.74, 6) is 0.967. The monoisotopic (exact) mass is 301 g/mol. The summed E-state index contributed by atoms with van der Waals surface area (Å²) in [6.07, 6.45) is 0.994. The maximum absolute atomic E-state index is 11.7. The molecule has 6 nitrogen and oxygen atoms in total. The second-order valence-corrected chi connectivity index (χ2v) is 5.69. The lowest BCUT2D eigenvalue weighted by molar-refractivity contribution is 0.0636. The molecule has 0 bridgehead atoms. The van der Waals surface area contributed by atoms with Crippen LogP contribution in [0.1, 0.15) is 20.8 Å². The Morgan fingerprint density at radius 3 is 2.64 bits per heavy atom. The number of carbonyl (C=O) groups excluding carboxylic acids is 1. The number of hydrogen-bond donors (Lipinski definition) is 2.